The van der Waals surface area contributed by atoms with E-state index in [1.54, 1.807) is 36.4 Å². The van der Waals surface area contributed by atoms with Crippen molar-refractivity contribution >= 4 is 21.4 Å². The largest absolute Gasteiger partial charge is 0.399 e. The fourth-order valence-corrected chi connectivity index (χ4v) is 4.38. The molecule has 0 aliphatic carbocycles. The van der Waals surface area contributed by atoms with Gasteiger partial charge in [-0.05, 0) is 43.2 Å². The predicted octanol–water partition coefficient (Wildman–Crippen LogP) is 2.41. The first-order valence-corrected chi connectivity index (χ1v) is 7.92. The standard InChI is InChI=1S/C15H16N2O2S/c1-11-9-12-7-8-13(16)10-15(12)17(11)20(18,19)14-5-3-2-4-6-14/h2-8,10-11H,9,16H2,1H3/t11-/m1/s1. The van der Waals surface area contributed by atoms with E-state index >= 15 is 0 Å². The van der Waals surface area contributed by atoms with Gasteiger partial charge in [-0.2, -0.15) is 0 Å². The summed E-state index contributed by atoms with van der Waals surface area (Å²) in [6.45, 7) is 1.91. The molecule has 0 saturated carbocycles. The lowest BCUT2D eigenvalue weighted by Gasteiger charge is -2.24. The van der Waals surface area contributed by atoms with Crippen LogP contribution in [0.5, 0.6) is 0 Å². The Morgan fingerprint density at radius 1 is 1.15 bits per heavy atom. The molecular weight excluding hydrogens is 272 g/mol. The molecule has 1 heterocycles. The Hall–Kier alpha value is -2.01. The zero-order valence-corrected chi connectivity index (χ0v) is 12.0. The van der Waals surface area contributed by atoms with Crippen LogP contribution < -0.4 is 10.0 Å². The van der Waals surface area contributed by atoms with E-state index < -0.39 is 10.0 Å². The minimum Gasteiger partial charge on any atom is -0.399 e. The highest BCUT2D eigenvalue weighted by Gasteiger charge is 2.35. The van der Waals surface area contributed by atoms with Gasteiger partial charge >= 0.3 is 0 Å². The third kappa shape index (κ3) is 1.94. The van der Waals surface area contributed by atoms with Crippen LogP contribution in [-0.4, -0.2) is 14.5 Å². The number of sulfonamides is 1. The Bertz CT molecular complexity index is 742. The van der Waals surface area contributed by atoms with E-state index in [-0.39, 0.29) is 6.04 Å². The van der Waals surface area contributed by atoms with Crippen LogP contribution in [0.15, 0.2) is 53.4 Å². The van der Waals surface area contributed by atoms with Crippen LogP contribution in [-0.2, 0) is 16.4 Å². The maximum Gasteiger partial charge on any atom is 0.264 e. The van der Waals surface area contributed by atoms with Crippen molar-refractivity contribution in [1.29, 1.82) is 0 Å². The molecule has 2 aromatic rings. The van der Waals surface area contributed by atoms with Gasteiger partial charge < -0.3 is 5.73 Å². The first-order valence-electron chi connectivity index (χ1n) is 6.48. The van der Waals surface area contributed by atoms with Crippen LogP contribution in [0, 0.1) is 0 Å². The number of nitrogens with two attached hydrogens (primary N) is 1. The quantitative estimate of drug-likeness (QED) is 0.863. The Balaban J connectivity index is 2.14. The topological polar surface area (TPSA) is 63.4 Å². The third-order valence-electron chi connectivity index (χ3n) is 3.56. The molecule has 0 radical (unpaired) electrons. The lowest BCUT2D eigenvalue weighted by molar-refractivity contribution is 0.584. The van der Waals surface area contributed by atoms with E-state index in [4.69, 9.17) is 5.73 Å². The van der Waals surface area contributed by atoms with Crippen molar-refractivity contribution in [3.63, 3.8) is 0 Å². The summed E-state index contributed by atoms with van der Waals surface area (Å²) in [4.78, 5) is 0.308. The summed E-state index contributed by atoms with van der Waals surface area (Å²) in [5.41, 5.74) is 8.09. The molecule has 0 aromatic heterocycles. The van der Waals surface area contributed by atoms with Gasteiger partial charge in [0, 0.05) is 11.7 Å². The normalized spacial score (nSPS) is 18.1. The molecule has 0 saturated heterocycles. The molecule has 2 aromatic carbocycles. The summed E-state index contributed by atoms with van der Waals surface area (Å²) in [6.07, 6.45) is 0.710. The SMILES string of the molecule is C[C@@H]1Cc2ccc(N)cc2N1S(=O)(=O)c1ccccc1. The van der Waals surface area contributed by atoms with Crippen LogP contribution >= 0.6 is 0 Å². The molecule has 20 heavy (non-hydrogen) atoms. The van der Waals surface area contributed by atoms with Gasteiger partial charge in [-0.3, -0.25) is 4.31 Å². The zero-order chi connectivity index (χ0) is 14.3. The summed E-state index contributed by atoms with van der Waals surface area (Å²) in [7, 11) is -3.54. The fourth-order valence-electron chi connectivity index (χ4n) is 2.67. The Kier molecular flexibility index (Phi) is 2.94. The van der Waals surface area contributed by atoms with E-state index in [0.717, 1.165) is 5.56 Å². The summed E-state index contributed by atoms with van der Waals surface area (Å²) in [5, 5.41) is 0. The molecule has 0 amide bonds. The van der Waals surface area contributed by atoms with Gasteiger partial charge in [-0.15, -0.1) is 0 Å². The fraction of sp³-hybridized carbons (Fsp3) is 0.200. The molecule has 3 rings (SSSR count). The second-order valence-electron chi connectivity index (χ2n) is 5.06. The lowest BCUT2D eigenvalue weighted by Crippen LogP contribution is -2.35. The number of rotatable bonds is 2. The molecule has 0 bridgehead atoms. The highest BCUT2D eigenvalue weighted by molar-refractivity contribution is 7.92. The molecule has 4 nitrogen and oxygen atoms in total. The van der Waals surface area contributed by atoms with Gasteiger partial charge in [-0.1, -0.05) is 24.3 Å². The van der Waals surface area contributed by atoms with Gasteiger partial charge in [0.15, 0.2) is 0 Å². The first-order chi connectivity index (χ1) is 9.50. The van der Waals surface area contributed by atoms with Gasteiger partial charge in [0.05, 0.1) is 10.6 Å². The van der Waals surface area contributed by atoms with E-state index in [1.807, 2.05) is 19.1 Å². The Morgan fingerprint density at radius 3 is 2.55 bits per heavy atom. The van der Waals surface area contributed by atoms with Crippen LogP contribution in [0.1, 0.15) is 12.5 Å². The maximum absolute atomic E-state index is 12.8. The van der Waals surface area contributed by atoms with Crippen LogP contribution in [0.3, 0.4) is 0 Å². The highest BCUT2D eigenvalue weighted by Crippen LogP contribution is 2.37. The number of benzene rings is 2. The summed E-state index contributed by atoms with van der Waals surface area (Å²) in [5.74, 6) is 0. The lowest BCUT2D eigenvalue weighted by atomic mass is 10.1. The molecule has 5 heteroatoms. The molecule has 1 atom stereocenters. The smallest absolute Gasteiger partial charge is 0.264 e. The molecule has 1 aliphatic rings. The minimum absolute atomic E-state index is 0.1000. The van der Waals surface area contributed by atoms with Gasteiger partial charge in [0.2, 0.25) is 0 Å². The molecule has 2 N–H and O–H groups in total. The number of nitrogens with zero attached hydrogens (tertiary/aromatic N) is 1. The number of fused-ring (bicyclic) bond motifs is 1. The van der Waals surface area contributed by atoms with Crippen molar-refractivity contribution < 1.29 is 8.42 Å². The molecule has 104 valence electrons. The number of anilines is 2. The van der Waals surface area contributed by atoms with Crippen molar-refractivity contribution in [2.24, 2.45) is 0 Å². The number of hydrogen-bond acceptors (Lipinski definition) is 3. The average molecular weight is 288 g/mol. The van der Waals surface area contributed by atoms with Crippen molar-refractivity contribution in [2.45, 2.75) is 24.3 Å². The van der Waals surface area contributed by atoms with Gasteiger partial charge in [0.1, 0.15) is 0 Å². The predicted molar refractivity (Wildman–Crippen MR) is 80.1 cm³/mol. The van der Waals surface area contributed by atoms with Gasteiger partial charge in [-0.25, -0.2) is 8.42 Å². The Morgan fingerprint density at radius 2 is 1.85 bits per heavy atom. The average Bonchev–Trinajstić information content (AvgIpc) is 2.75. The molecule has 0 fully saturated rings. The van der Waals surface area contributed by atoms with Crippen LogP contribution in [0.25, 0.3) is 0 Å². The molecule has 1 aliphatic heterocycles. The van der Waals surface area contributed by atoms with Crippen LogP contribution in [0.2, 0.25) is 0 Å². The minimum atomic E-state index is -3.54. The van der Waals surface area contributed by atoms with Crippen molar-refractivity contribution in [2.75, 3.05) is 10.0 Å². The van der Waals surface area contributed by atoms with Gasteiger partial charge in [0.25, 0.3) is 10.0 Å². The number of nitrogen functional groups attached to an aromatic ring is 1. The molecular formula is C15H16N2O2S. The highest BCUT2D eigenvalue weighted by atomic mass is 32.2. The Labute approximate surface area is 118 Å². The molecule has 0 spiro atoms. The van der Waals surface area contributed by atoms with Crippen LogP contribution in [0.4, 0.5) is 11.4 Å². The summed E-state index contributed by atoms with van der Waals surface area (Å²) < 4.78 is 27.1. The first kappa shape index (κ1) is 13.0. The zero-order valence-electron chi connectivity index (χ0n) is 11.2. The van der Waals surface area contributed by atoms with Crippen molar-refractivity contribution in [3.8, 4) is 0 Å². The van der Waals surface area contributed by atoms with E-state index in [9.17, 15) is 8.42 Å². The summed E-state index contributed by atoms with van der Waals surface area (Å²) in [6, 6.07) is 13.8. The van der Waals surface area contributed by atoms with Crippen molar-refractivity contribution in [3.05, 3.63) is 54.1 Å². The van der Waals surface area contributed by atoms with E-state index in [2.05, 4.69) is 0 Å². The van der Waals surface area contributed by atoms with E-state index in [1.165, 1.54) is 4.31 Å². The number of hydrogen-bond donors (Lipinski definition) is 1. The van der Waals surface area contributed by atoms with E-state index in [0.29, 0.717) is 22.7 Å². The second kappa shape index (κ2) is 4.52. The maximum atomic E-state index is 12.8. The third-order valence-corrected chi connectivity index (χ3v) is 5.50. The monoisotopic (exact) mass is 288 g/mol. The second-order valence-corrected chi connectivity index (χ2v) is 6.87. The molecule has 0 unspecified atom stereocenters. The summed E-state index contributed by atoms with van der Waals surface area (Å²) >= 11 is 0. The van der Waals surface area contributed by atoms with Crippen molar-refractivity contribution in [1.82, 2.24) is 0 Å².